The van der Waals surface area contributed by atoms with Crippen LogP contribution in [-0.2, 0) is 13.1 Å². The Hall–Kier alpha value is -3.23. The molecule has 0 atom stereocenters. The number of pyridine rings is 1. The first kappa shape index (κ1) is 22.0. The second-order valence-electron chi connectivity index (χ2n) is 7.78. The van der Waals surface area contributed by atoms with Crippen LogP contribution in [0.4, 0.5) is 11.4 Å². The molecule has 1 amide bonds. The maximum atomic E-state index is 13.1. The van der Waals surface area contributed by atoms with Gasteiger partial charge in [-0.3, -0.25) is 9.48 Å². The van der Waals surface area contributed by atoms with Gasteiger partial charge in [0.1, 0.15) is 4.60 Å². The van der Waals surface area contributed by atoms with Gasteiger partial charge in [-0.15, -0.1) is 0 Å². The van der Waals surface area contributed by atoms with Gasteiger partial charge in [-0.2, -0.15) is 5.10 Å². The predicted octanol–water partition coefficient (Wildman–Crippen LogP) is 4.62. The number of amides is 1. The van der Waals surface area contributed by atoms with Crippen LogP contribution in [0.5, 0.6) is 0 Å². The first-order valence-corrected chi connectivity index (χ1v) is 11.1. The van der Waals surface area contributed by atoms with Crippen LogP contribution in [0, 0.1) is 0 Å². The van der Waals surface area contributed by atoms with Crippen molar-refractivity contribution in [3.63, 3.8) is 0 Å². The summed E-state index contributed by atoms with van der Waals surface area (Å²) in [5.41, 5.74) is 4.16. The summed E-state index contributed by atoms with van der Waals surface area (Å²) < 4.78 is 2.75. The number of hydrogen-bond acceptors (Lipinski definition) is 5. The molecule has 7 nitrogen and oxygen atoms in total. The number of rotatable bonds is 8. The smallest absolute Gasteiger partial charge is 0.257 e. The van der Waals surface area contributed by atoms with Crippen LogP contribution in [0.3, 0.4) is 0 Å². The van der Waals surface area contributed by atoms with Gasteiger partial charge >= 0.3 is 0 Å². The number of benzene rings is 2. The highest BCUT2D eigenvalue weighted by Gasteiger charge is 2.12. The van der Waals surface area contributed by atoms with E-state index in [1.165, 1.54) is 0 Å². The van der Waals surface area contributed by atoms with Crippen LogP contribution >= 0.6 is 15.9 Å². The molecule has 0 unspecified atom stereocenters. The number of fused-ring (bicyclic) bond motifs is 1. The van der Waals surface area contributed by atoms with Crippen molar-refractivity contribution in [2.75, 3.05) is 31.3 Å². The lowest BCUT2D eigenvalue weighted by molar-refractivity contribution is 0.102. The van der Waals surface area contributed by atoms with Crippen molar-refractivity contribution < 1.29 is 4.79 Å². The van der Waals surface area contributed by atoms with E-state index in [1.54, 1.807) is 6.20 Å². The number of hydrogen-bond donors (Lipinski definition) is 2. The summed E-state index contributed by atoms with van der Waals surface area (Å²) in [6.07, 6.45) is 3.60. The zero-order valence-electron chi connectivity index (χ0n) is 18.0. The molecule has 2 heterocycles. The summed E-state index contributed by atoms with van der Waals surface area (Å²) in [6.45, 7) is 2.26. The Kier molecular flexibility index (Phi) is 6.82. The van der Waals surface area contributed by atoms with Crippen LogP contribution in [0.15, 0.2) is 71.6 Å². The van der Waals surface area contributed by atoms with E-state index in [2.05, 4.69) is 41.5 Å². The first-order chi connectivity index (χ1) is 15.5. The van der Waals surface area contributed by atoms with Gasteiger partial charge in [-0.1, -0.05) is 12.1 Å². The maximum absolute atomic E-state index is 13.1. The summed E-state index contributed by atoms with van der Waals surface area (Å²) in [7, 11) is 4.08. The van der Waals surface area contributed by atoms with E-state index in [-0.39, 0.29) is 5.91 Å². The minimum atomic E-state index is -0.164. The van der Waals surface area contributed by atoms with Gasteiger partial charge in [0.2, 0.25) is 0 Å². The van der Waals surface area contributed by atoms with E-state index in [0.717, 1.165) is 45.5 Å². The first-order valence-electron chi connectivity index (χ1n) is 10.3. The van der Waals surface area contributed by atoms with Gasteiger partial charge in [0.25, 0.3) is 5.91 Å². The van der Waals surface area contributed by atoms with Crippen molar-refractivity contribution >= 4 is 44.1 Å². The van der Waals surface area contributed by atoms with Gasteiger partial charge in [0, 0.05) is 36.0 Å². The molecule has 32 heavy (non-hydrogen) atoms. The van der Waals surface area contributed by atoms with Crippen LogP contribution in [0.1, 0.15) is 15.9 Å². The average Bonchev–Trinajstić information content (AvgIpc) is 3.19. The molecule has 8 heteroatoms. The quantitative estimate of drug-likeness (QED) is 0.351. The van der Waals surface area contributed by atoms with Crippen molar-refractivity contribution in [2.45, 2.75) is 13.1 Å². The van der Waals surface area contributed by atoms with Crippen molar-refractivity contribution in [3.8, 4) is 0 Å². The number of nitrogens with zero attached hydrogens (tertiary/aromatic N) is 4. The number of para-hydroxylation sites is 1. The average molecular weight is 493 g/mol. The lowest BCUT2D eigenvalue weighted by atomic mass is 10.1. The van der Waals surface area contributed by atoms with Crippen molar-refractivity contribution in [1.82, 2.24) is 19.7 Å². The molecule has 4 rings (SSSR count). The fourth-order valence-corrected chi connectivity index (χ4v) is 3.82. The van der Waals surface area contributed by atoms with Crippen LogP contribution < -0.4 is 10.6 Å². The summed E-state index contributed by atoms with van der Waals surface area (Å²) in [4.78, 5) is 19.3. The Morgan fingerprint density at radius 2 is 1.97 bits per heavy atom. The van der Waals surface area contributed by atoms with Gasteiger partial charge in [-0.05, 0) is 78.1 Å². The Balaban J connectivity index is 1.50. The minimum Gasteiger partial charge on any atom is -0.380 e. The Labute approximate surface area is 195 Å². The van der Waals surface area contributed by atoms with Gasteiger partial charge in [0.05, 0.1) is 23.8 Å². The number of aromatic nitrogens is 3. The van der Waals surface area contributed by atoms with Gasteiger partial charge in [-0.25, -0.2) is 4.98 Å². The fraction of sp³-hybridized carbons (Fsp3) is 0.208. The van der Waals surface area contributed by atoms with Crippen molar-refractivity contribution in [1.29, 1.82) is 0 Å². The molecule has 0 radical (unpaired) electrons. The third kappa shape index (κ3) is 5.33. The summed E-state index contributed by atoms with van der Waals surface area (Å²) in [5, 5.41) is 11.9. The lowest BCUT2D eigenvalue weighted by Gasteiger charge is -2.13. The number of carbonyl (C=O) groups is 1. The second kappa shape index (κ2) is 9.93. The zero-order chi connectivity index (χ0) is 22.5. The van der Waals surface area contributed by atoms with E-state index in [4.69, 9.17) is 0 Å². The van der Waals surface area contributed by atoms with E-state index in [1.807, 2.05) is 79.6 Å². The molecule has 0 aliphatic heterocycles. The van der Waals surface area contributed by atoms with Crippen molar-refractivity contribution in [3.05, 3.63) is 82.7 Å². The number of carbonyl (C=O) groups excluding carboxylic acids is 1. The van der Waals surface area contributed by atoms with Crippen LogP contribution in [0.2, 0.25) is 0 Å². The molecular formula is C24H25BrN6O. The zero-order valence-corrected chi connectivity index (χ0v) is 19.6. The lowest BCUT2D eigenvalue weighted by Crippen LogP contribution is -2.19. The third-order valence-corrected chi connectivity index (χ3v) is 5.54. The highest BCUT2D eigenvalue weighted by molar-refractivity contribution is 9.10. The summed E-state index contributed by atoms with van der Waals surface area (Å²) >= 11 is 3.39. The number of halogens is 1. The molecule has 4 aromatic rings. The highest BCUT2D eigenvalue weighted by Crippen LogP contribution is 2.22. The highest BCUT2D eigenvalue weighted by atomic mass is 79.9. The molecule has 164 valence electrons. The summed E-state index contributed by atoms with van der Waals surface area (Å²) in [6, 6.07) is 17.3. The number of likely N-dealkylation sites (N-methyl/N-ethyl adjacent to an activating group) is 1. The molecule has 0 saturated carbocycles. The molecule has 0 spiro atoms. The van der Waals surface area contributed by atoms with E-state index in [9.17, 15) is 4.79 Å². The van der Waals surface area contributed by atoms with E-state index >= 15 is 0 Å². The molecule has 0 fully saturated rings. The monoisotopic (exact) mass is 492 g/mol. The van der Waals surface area contributed by atoms with Crippen molar-refractivity contribution in [2.24, 2.45) is 0 Å². The molecule has 2 aromatic carbocycles. The molecular weight excluding hydrogens is 468 g/mol. The Bertz CT molecular complexity index is 1240. The standard InChI is InChI=1S/C24H25BrN6O/c1-30(2)11-12-31-22-14-19(8-7-18(22)16-28-31)29-24(32)20-5-3-4-6-21(20)27-15-17-9-10-26-23(25)13-17/h3-10,13-14,16,27H,11-12,15H2,1-2H3,(H,29,32). The SMILES string of the molecule is CN(C)CCn1ncc2ccc(NC(=O)c3ccccc3NCc3ccnc(Br)c3)cc21. The number of nitrogens with one attached hydrogen (secondary N) is 2. The normalized spacial score (nSPS) is 11.1. The predicted molar refractivity (Wildman–Crippen MR) is 132 cm³/mol. The minimum absolute atomic E-state index is 0.164. The van der Waals surface area contributed by atoms with E-state index < -0.39 is 0 Å². The maximum Gasteiger partial charge on any atom is 0.257 e. The molecule has 0 aliphatic rings. The van der Waals surface area contributed by atoms with Crippen LogP contribution in [-0.4, -0.2) is 46.2 Å². The molecule has 2 aromatic heterocycles. The van der Waals surface area contributed by atoms with Gasteiger partial charge in [0.15, 0.2) is 0 Å². The topological polar surface area (TPSA) is 75.1 Å². The summed E-state index contributed by atoms with van der Waals surface area (Å²) in [5.74, 6) is -0.164. The van der Waals surface area contributed by atoms with E-state index in [0.29, 0.717) is 12.1 Å². The van der Waals surface area contributed by atoms with Gasteiger partial charge < -0.3 is 15.5 Å². The molecule has 0 bridgehead atoms. The second-order valence-corrected chi connectivity index (χ2v) is 8.60. The Morgan fingerprint density at radius 3 is 2.78 bits per heavy atom. The molecule has 0 saturated heterocycles. The van der Waals surface area contributed by atoms with Crippen LogP contribution in [0.25, 0.3) is 10.9 Å². The largest absolute Gasteiger partial charge is 0.380 e. The fourth-order valence-electron chi connectivity index (χ4n) is 3.40. The Morgan fingerprint density at radius 1 is 1.12 bits per heavy atom. The molecule has 0 aliphatic carbocycles. The number of anilines is 2. The third-order valence-electron chi connectivity index (χ3n) is 5.11. The molecule has 2 N–H and O–H groups in total.